The van der Waals surface area contributed by atoms with Gasteiger partial charge in [0.15, 0.2) is 0 Å². The summed E-state index contributed by atoms with van der Waals surface area (Å²) in [5, 5.41) is 8.74. The number of aliphatic hydroxyl groups is 1. The van der Waals surface area contributed by atoms with Crippen LogP contribution in [0.4, 0.5) is 70.2 Å². The Morgan fingerprint density at radius 3 is 1.51 bits per heavy atom. The second-order valence-electron chi connectivity index (χ2n) is 6.20. The zero-order chi connectivity index (χ0) is 27.9. The van der Waals surface area contributed by atoms with Crippen LogP contribution in [0.1, 0.15) is 5.56 Å². The molecule has 20 heteroatoms. The van der Waals surface area contributed by atoms with Gasteiger partial charge in [0.1, 0.15) is 5.75 Å². The van der Waals surface area contributed by atoms with Crippen LogP contribution in [-0.2, 0) is 16.1 Å². The van der Waals surface area contributed by atoms with Crippen LogP contribution < -0.4 is 4.74 Å². The van der Waals surface area contributed by atoms with Crippen LogP contribution >= 0.6 is 0 Å². The number of halogens is 16. The fraction of sp³-hybridized carbons (Fsp3) is 0.600. The molecule has 0 aromatic heterocycles. The summed E-state index contributed by atoms with van der Waals surface area (Å²) in [6.45, 7) is -0.675. The van der Waals surface area contributed by atoms with Crippen LogP contribution in [0.3, 0.4) is 0 Å². The lowest BCUT2D eigenvalue weighted by molar-refractivity contribution is -0.543. The van der Waals surface area contributed by atoms with Gasteiger partial charge in [-0.1, -0.05) is 12.1 Å². The molecule has 1 rings (SSSR count). The third-order valence-electron chi connectivity index (χ3n) is 3.60. The Kier molecular flexibility index (Phi) is 8.22. The van der Waals surface area contributed by atoms with E-state index in [0.29, 0.717) is 12.1 Å². The molecule has 2 atom stereocenters. The molecule has 0 saturated carbocycles. The first-order valence-electron chi connectivity index (χ1n) is 8.09. The molecule has 0 aliphatic rings. The summed E-state index contributed by atoms with van der Waals surface area (Å²) in [5.41, 5.74) is 0.0152. The van der Waals surface area contributed by atoms with E-state index in [1.807, 2.05) is 0 Å². The Labute approximate surface area is 181 Å². The van der Waals surface area contributed by atoms with E-state index < -0.39 is 61.2 Å². The van der Waals surface area contributed by atoms with Gasteiger partial charge in [-0.3, -0.25) is 9.47 Å². The van der Waals surface area contributed by atoms with E-state index in [-0.39, 0.29) is 5.56 Å². The van der Waals surface area contributed by atoms with Gasteiger partial charge in [0.05, 0.1) is 6.61 Å². The summed E-state index contributed by atoms with van der Waals surface area (Å²) >= 11 is 0. The van der Waals surface area contributed by atoms with E-state index >= 15 is 0 Å². The number of hydrogen-bond donors (Lipinski definition) is 1. The standard InChI is InChI=1S/C15H8F16O4/c16-8(9(17,18)33-7-3-1-6(5-32)2-4-7)34-15(30,31)11(21,13(25,26)27)35-14(28,29)10(19,20)12(22,23)24/h1-4,8,32H,5H2. The number of ether oxygens (including phenoxy) is 3. The predicted molar refractivity (Wildman–Crippen MR) is 75.8 cm³/mol. The largest absolute Gasteiger partial charge is 0.462 e. The van der Waals surface area contributed by atoms with Crippen LogP contribution in [0.25, 0.3) is 0 Å². The highest BCUT2D eigenvalue weighted by molar-refractivity contribution is 5.27. The fourth-order valence-corrected chi connectivity index (χ4v) is 1.83. The maximum atomic E-state index is 13.9. The maximum absolute atomic E-state index is 13.9. The zero-order valence-electron chi connectivity index (χ0n) is 15.8. The summed E-state index contributed by atoms with van der Waals surface area (Å²) in [5.74, 6) is -16.6. The predicted octanol–water partition coefficient (Wildman–Crippen LogP) is 6.09. The van der Waals surface area contributed by atoms with Gasteiger partial charge in [-0.05, 0) is 17.7 Å². The van der Waals surface area contributed by atoms with Crippen molar-refractivity contribution in [2.45, 2.75) is 55.4 Å². The van der Waals surface area contributed by atoms with E-state index in [9.17, 15) is 70.2 Å². The van der Waals surface area contributed by atoms with Crippen molar-refractivity contribution in [2.24, 2.45) is 0 Å². The van der Waals surface area contributed by atoms with Crippen LogP contribution in [0.5, 0.6) is 5.75 Å². The fourth-order valence-electron chi connectivity index (χ4n) is 1.83. The van der Waals surface area contributed by atoms with Crippen molar-refractivity contribution in [3.05, 3.63) is 29.8 Å². The normalized spacial score (nSPS) is 17.2. The zero-order valence-corrected chi connectivity index (χ0v) is 15.8. The quantitative estimate of drug-likeness (QED) is 0.355. The Hall–Kier alpha value is -2.22. The van der Waals surface area contributed by atoms with Gasteiger partial charge in [0, 0.05) is 0 Å². The molecular weight excluding hydrogens is 548 g/mol. The molecule has 0 heterocycles. The third-order valence-corrected chi connectivity index (χ3v) is 3.60. The monoisotopic (exact) mass is 556 g/mol. The van der Waals surface area contributed by atoms with Crippen molar-refractivity contribution in [3.8, 4) is 5.75 Å². The number of hydrogen-bond acceptors (Lipinski definition) is 4. The molecule has 4 nitrogen and oxygen atoms in total. The van der Waals surface area contributed by atoms with Gasteiger partial charge in [-0.2, -0.15) is 65.9 Å². The van der Waals surface area contributed by atoms with E-state index in [2.05, 4.69) is 9.47 Å². The lowest BCUT2D eigenvalue weighted by Gasteiger charge is -2.38. The molecule has 0 bridgehead atoms. The molecule has 1 N–H and O–H groups in total. The molecule has 1 aromatic carbocycles. The number of benzene rings is 1. The second-order valence-corrected chi connectivity index (χ2v) is 6.20. The molecule has 0 radical (unpaired) electrons. The average Bonchev–Trinajstić information content (AvgIpc) is 2.65. The first-order chi connectivity index (χ1) is 15.3. The van der Waals surface area contributed by atoms with Crippen molar-refractivity contribution in [1.29, 1.82) is 0 Å². The molecule has 2 unspecified atom stereocenters. The molecular formula is C15H8F16O4. The molecule has 0 aliphatic heterocycles. The summed E-state index contributed by atoms with van der Waals surface area (Å²) in [7, 11) is 0. The SMILES string of the molecule is OCc1ccc(OC(F)(F)C(F)OC(F)(F)C(F)(OC(F)(F)C(F)(F)C(F)(F)F)C(F)(F)F)cc1. The van der Waals surface area contributed by atoms with Crippen molar-refractivity contribution < 1.29 is 89.6 Å². The average molecular weight is 556 g/mol. The van der Waals surface area contributed by atoms with Crippen LogP contribution in [0, 0.1) is 0 Å². The second kappa shape index (κ2) is 9.34. The Balaban J connectivity index is 3.30. The van der Waals surface area contributed by atoms with Crippen molar-refractivity contribution in [1.82, 2.24) is 0 Å². The van der Waals surface area contributed by atoms with E-state index in [1.54, 1.807) is 0 Å². The number of rotatable bonds is 10. The summed E-state index contributed by atoms with van der Waals surface area (Å²) in [6, 6.07) is 2.67. The van der Waals surface area contributed by atoms with E-state index in [4.69, 9.17) is 5.11 Å². The lowest BCUT2D eigenvalue weighted by Crippen LogP contribution is -2.66. The number of aliphatic hydroxyl groups excluding tert-OH is 1. The first-order valence-corrected chi connectivity index (χ1v) is 8.09. The highest BCUT2D eigenvalue weighted by Gasteiger charge is 2.84. The highest BCUT2D eigenvalue weighted by atomic mass is 19.4. The maximum Gasteiger partial charge on any atom is 0.462 e. The molecule has 0 fully saturated rings. The van der Waals surface area contributed by atoms with Crippen molar-refractivity contribution in [2.75, 3.05) is 0 Å². The van der Waals surface area contributed by atoms with Crippen LogP contribution in [0.15, 0.2) is 24.3 Å². The number of alkyl halides is 16. The highest BCUT2D eigenvalue weighted by Crippen LogP contribution is 2.55. The molecule has 0 saturated heterocycles. The summed E-state index contributed by atoms with van der Waals surface area (Å²) < 4.78 is 215. The van der Waals surface area contributed by atoms with Gasteiger partial charge in [-0.25, -0.2) is 4.39 Å². The van der Waals surface area contributed by atoms with Gasteiger partial charge in [0.25, 0.3) is 0 Å². The van der Waals surface area contributed by atoms with Gasteiger partial charge >= 0.3 is 48.8 Å². The third kappa shape index (κ3) is 6.13. The minimum absolute atomic E-state index is 0.0152. The first kappa shape index (κ1) is 30.8. The van der Waals surface area contributed by atoms with E-state index in [0.717, 1.165) is 12.1 Å². The Bertz CT molecular complexity index is 850. The Morgan fingerprint density at radius 1 is 0.686 bits per heavy atom. The van der Waals surface area contributed by atoms with Crippen LogP contribution in [0.2, 0.25) is 0 Å². The molecule has 1 aromatic rings. The van der Waals surface area contributed by atoms with Crippen molar-refractivity contribution >= 4 is 0 Å². The molecule has 0 amide bonds. The minimum Gasteiger partial charge on any atom is -0.429 e. The van der Waals surface area contributed by atoms with Gasteiger partial charge in [0.2, 0.25) is 0 Å². The molecule has 35 heavy (non-hydrogen) atoms. The minimum atomic E-state index is -7.76. The lowest BCUT2D eigenvalue weighted by atomic mass is 10.2. The molecule has 0 spiro atoms. The summed E-state index contributed by atoms with van der Waals surface area (Å²) in [6.07, 6.45) is -41.4. The molecule has 0 aliphatic carbocycles. The topological polar surface area (TPSA) is 47.9 Å². The Morgan fingerprint density at radius 2 is 1.14 bits per heavy atom. The smallest absolute Gasteiger partial charge is 0.429 e. The van der Waals surface area contributed by atoms with E-state index in [1.165, 1.54) is 4.74 Å². The summed E-state index contributed by atoms with van der Waals surface area (Å²) in [4.78, 5) is 0. The van der Waals surface area contributed by atoms with Crippen molar-refractivity contribution in [3.63, 3.8) is 0 Å². The van der Waals surface area contributed by atoms with Crippen LogP contribution in [-0.4, -0.2) is 53.9 Å². The van der Waals surface area contributed by atoms with Gasteiger partial charge in [-0.15, -0.1) is 0 Å². The van der Waals surface area contributed by atoms with Gasteiger partial charge < -0.3 is 9.84 Å². The molecule has 204 valence electrons.